The molecule has 1 aromatic heterocycles. The molecule has 2 N–H and O–H groups in total. The molecule has 1 aliphatic rings. The number of aromatic nitrogens is 1. The van der Waals surface area contributed by atoms with Crippen LogP contribution in [0.25, 0.3) is 17.0 Å². The highest BCUT2D eigenvalue weighted by molar-refractivity contribution is 5.90. The first-order valence-electron chi connectivity index (χ1n) is 14.5. The van der Waals surface area contributed by atoms with E-state index in [0.717, 1.165) is 16.5 Å². The van der Waals surface area contributed by atoms with Crippen molar-refractivity contribution in [3.8, 4) is 0 Å². The number of fused-ring (bicyclic) bond motifs is 1. The Hall–Kier alpha value is -3.79. The van der Waals surface area contributed by atoms with Crippen molar-refractivity contribution in [3.63, 3.8) is 0 Å². The SMILES string of the molecule is C=Cc1ccc2ccc([C@@H](C)OC(=O)[C@@H]3CCCN(C(=O)[C@H](C)NC(=O)[C@@H](CC(=O)OC(C)(C)C)C(C)C)N3)nc2c1. The second-order valence-electron chi connectivity index (χ2n) is 12.2. The molecule has 4 atom stereocenters. The number of ether oxygens (including phenoxy) is 2. The Bertz CT molecular complexity index is 1320. The van der Waals surface area contributed by atoms with Gasteiger partial charge in [0.1, 0.15) is 23.8 Å². The van der Waals surface area contributed by atoms with E-state index in [0.29, 0.717) is 25.1 Å². The Balaban J connectivity index is 1.58. The van der Waals surface area contributed by atoms with Crippen molar-refractivity contribution < 1.29 is 28.7 Å². The summed E-state index contributed by atoms with van der Waals surface area (Å²) < 4.78 is 11.1. The largest absolute Gasteiger partial charge is 0.460 e. The molecular weight excluding hydrogens is 536 g/mol. The number of carbonyl (C=O) groups excluding carboxylic acids is 4. The smallest absolute Gasteiger partial charge is 0.325 e. The van der Waals surface area contributed by atoms with Crippen LogP contribution in [0.15, 0.2) is 36.9 Å². The zero-order chi connectivity index (χ0) is 31.2. The van der Waals surface area contributed by atoms with E-state index in [1.165, 1.54) is 5.01 Å². The van der Waals surface area contributed by atoms with Crippen molar-refractivity contribution in [2.45, 2.75) is 91.5 Å². The molecular formula is C32H44N4O6. The first-order valence-corrected chi connectivity index (χ1v) is 14.5. The van der Waals surface area contributed by atoms with E-state index in [2.05, 4.69) is 22.3 Å². The molecule has 0 unspecified atom stereocenters. The Morgan fingerprint density at radius 1 is 1.14 bits per heavy atom. The number of nitrogens with zero attached hydrogens (tertiary/aromatic N) is 2. The first kappa shape index (κ1) is 32.7. The number of carbonyl (C=O) groups is 4. The van der Waals surface area contributed by atoms with Crippen molar-refractivity contribution in [2.24, 2.45) is 11.8 Å². The molecule has 1 aromatic carbocycles. The first-order chi connectivity index (χ1) is 19.7. The summed E-state index contributed by atoms with van der Waals surface area (Å²) >= 11 is 0. The predicted molar refractivity (Wildman–Crippen MR) is 161 cm³/mol. The molecule has 10 nitrogen and oxygen atoms in total. The molecule has 42 heavy (non-hydrogen) atoms. The van der Waals surface area contributed by atoms with Crippen molar-refractivity contribution >= 4 is 40.7 Å². The highest BCUT2D eigenvalue weighted by atomic mass is 16.6. The molecule has 2 amide bonds. The third kappa shape index (κ3) is 8.85. The van der Waals surface area contributed by atoms with Gasteiger partial charge in [-0.2, -0.15) is 0 Å². The zero-order valence-electron chi connectivity index (χ0n) is 25.7. The Morgan fingerprint density at radius 2 is 1.83 bits per heavy atom. The lowest BCUT2D eigenvalue weighted by Crippen LogP contribution is -2.59. The molecule has 3 rings (SSSR count). The molecule has 10 heteroatoms. The average molecular weight is 581 g/mol. The molecule has 0 bridgehead atoms. The van der Waals surface area contributed by atoms with Crippen molar-refractivity contribution in [3.05, 3.63) is 48.2 Å². The second kappa shape index (κ2) is 13.9. The van der Waals surface area contributed by atoms with Crippen molar-refractivity contribution in [1.82, 2.24) is 20.7 Å². The maximum absolute atomic E-state index is 13.2. The van der Waals surface area contributed by atoms with Gasteiger partial charge < -0.3 is 14.8 Å². The van der Waals surface area contributed by atoms with E-state index < -0.39 is 47.6 Å². The van der Waals surface area contributed by atoms with Crippen LogP contribution < -0.4 is 10.7 Å². The molecule has 2 aromatic rings. The third-order valence-electron chi connectivity index (χ3n) is 7.10. The molecule has 0 spiro atoms. The van der Waals surface area contributed by atoms with Crippen LogP contribution in [0.1, 0.15) is 85.1 Å². The fourth-order valence-electron chi connectivity index (χ4n) is 4.74. The number of pyridine rings is 1. The van der Waals surface area contributed by atoms with E-state index >= 15 is 0 Å². The molecule has 0 aliphatic carbocycles. The zero-order valence-corrected chi connectivity index (χ0v) is 25.7. The van der Waals surface area contributed by atoms with Crippen LogP contribution in [0.5, 0.6) is 0 Å². The summed E-state index contributed by atoms with van der Waals surface area (Å²) in [6, 6.07) is 8.01. The molecule has 1 fully saturated rings. The Kier molecular flexibility index (Phi) is 10.8. The molecule has 1 aliphatic heterocycles. The van der Waals surface area contributed by atoms with Gasteiger partial charge in [0, 0.05) is 11.9 Å². The lowest BCUT2D eigenvalue weighted by Gasteiger charge is -2.35. The van der Waals surface area contributed by atoms with Crippen molar-refractivity contribution in [2.75, 3.05) is 6.54 Å². The molecule has 0 radical (unpaired) electrons. The average Bonchev–Trinajstić information content (AvgIpc) is 2.93. The van der Waals surface area contributed by atoms with E-state index in [4.69, 9.17) is 9.47 Å². The number of amides is 2. The normalized spacial score (nSPS) is 17.7. The number of rotatable bonds is 10. The summed E-state index contributed by atoms with van der Waals surface area (Å²) in [6.45, 7) is 16.5. The van der Waals surface area contributed by atoms with Gasteiger partial charge in [-0.3, -0.25) is 24.2 Å². The van der Waals surface area contributed by atoms with E-state index in [-0.39, 0.29) is 18.2 Å². The lowest BCUT2D eigenvalue weighted by molar-refractivity contribution is -0.158. The van der Waals surface area contributed by atoms with Crippen LogP contribution in [0, 0.1) is 11.8 Å². The van der Waals surface area contributed by atoms with Crippen LogP contribution in [0.3, 0.4) is 0 Å². The van der Waals surface area contributed by atoms with Gasteiger partial charge in [0.2, 0.25) is 5.91 Å². The fraction of sp³-hybridized carbons (Fsp3) is 0.531. The third-order valence-corrected chi connectivity index (χ3v) is 7.10. The summed E-state index contributed by atoms with van der Waals surface area (Å²) in [5, 5.41) is 5.06. The van der Waals surface area contributed by atoms with Gasteiger partial charge in [-0.15, -0.1) is 0 Å². The number of hydrogen-bond acceptors (Lipinski definition) is 8. The van der Waals surface area contributed by atoms with Crippen molar-refractivity contribution in [1.29, 1.82) is 0 Å². The number of nitrogens with one attached hydrogen (secondary N) is 2. The lowest BCUT2D eigenvalue weighted by atomic mass is 9.91. The van der Waals surface area contributed by atoms with Gasteiger partial charge in [0.15, 0.2) is 0 Å². The minimum absolute atomic E-state index is 0.0861. The van der Waals surface area contributed by atoms with Gasteiger partial charge in [-0.05, 0) is 71.1 Å². The molecule has 228 valence electrons. The summed E-state index contributed by atoms with van der Waals surface area (Å²) in [4.78, 5) is 56.3. The topological polar surface area (TPSA) is 127 Å². The van der Waals surface area contributed by atoms with Gasteiger partial charge in [-0.1, -0.05) is 44.7 Å². The molecule has 2 heterocycles. The highest BCUT2D eigenvalue weighted by Gasteiger charge is 2.34. The van der Waals surface area contributed by atoms with Crippen LogP contribution in [0.2, 0.25) is 0 Å². The minimum Gasteiger partial charge on any atom is -0.460 e. The van der Waals surface area contributed by atoms with Crippen LogP contribution >= 0.6 is 0 Å². The van der Waals surface area contributed by atoms with Crippen LogP contribution in [-0.4, -0.2) is 58.0 Å². The monoisotopic (exact) mass is 580 g/mol. The minimum atomic E-state index is -0.874. The van der Waals surface area contributed by atoms with Gasteiger partial charge in [-0.25, -0.2) is 10.4 Å². The van der Waals surface area contributed by atoms with E-state index in [1.807, 2.05) is 44.2 Å². The summed E-state index contributed by atoms with van der Waals surface area (Å²) in [7, 11) is 0. The van der Waals surface area contributed by atoms with Gasteiger partial charge in [0.05, 0.1) is 23.5 Å². The molecule has 0 saturated carbocycles. The van der Waals surface area contributed by atoms with Gasteiger partial charge in [0.25, 0.3) is 5.91 Å². The maximum Gasteiger partial charge on any atom is 0.325 e. The van der Waals surface area contributed by atoms with Crippen LogP contribution in [0.4, 0.5) is 0 Å². The fourth-order valence-corrected chi connectivity index (χ4v) is 4.74. The number of esters is 2. The number of benzene rings is 1. The van der Waals surface area contributed by atoms with Crippen LogP contribution in [-0.2, 0) is 28.7 Å². The number of hydrazine groups is 1. The quantitative estimate of drug-likeness (QED) is 0.394. The predicted octanol–water partition coefficient (Wildman–Crippen LogP) is 4.49. The number of hydrogen-bond donors (Lipinski definition) is 2. The summed E-state index contributed by atoms with van der Waals surface area (Å²) in [5.74, 6) is -2.54. The highest BCUT2D eigenvalue weighted by Crippen LogP contribution is 2.23. The maximum atomic E-state index is 13.2. The summed E-state index contributed by atoms with van der Waals surface area (Å²) in [6.07, 6.45) is 2.14. The second-order valence-corrected chi connectivity index (χ2v) is 12.2. The van der Waals surface area contributed by atoms with E-state index in [1.54, 1.807) is 40.7 Å². The van der Waals surface area contributed by atoms with E-state index in [9.17, 15) is 19.2 Å². The Morgan fingerprint density at radius 3 is 2.48 bits per heavy atom. The standard InChI is InChI=1S/C32H44N4O6/c1-9-22-12-13-23-14-15-25(34-27(23)17-22)21(5)41-31(40)26-11-10-16-36(35-26)30(39)20(4)33-29(38)24(19(2)3)18-28(37)42-32(6,7)8/h9,12-15,17,19-21,24,26,35H,1,10-11,16,18H2,2-8H3,(H,33,38)/t20-,21+,24-,26-/m0/s1. The summed E-state index contributed by atoms with van der Waals surface area (Å²) in [5.41, 5.74) is 4.65. The Labute approximate surface area is 248 Å². The van der Waals surface area contributed by atoms with Gasteiger partial charge >= 0.3 is 11.9 Å². The molecule has 1 saturated heterocycles.